The van der Waals surface area contributed by atoms with Crippen LogP contribution in [0.25, 0.3) is 0 Å². The van der Waals surface area contributed by atoms with E-state index in [1.54, 1.807) is 6.33 Å². The Balaban J connectivity index is 2.11. The van der Waals surface area contributed by atoms with E-state index in [2.05, 4.69) is 34.1 Å². The summed E-state index contributed by atoms with van der Waals surface area (Å²) in [5.41, 5.74) is 0. The summed E-state index contributed by atoms with van der Waals surface area (Å²) in [6.45, 7) is 8.44. The average Bonchev–Trinajstić information content (AvgIpc) is 2.73. The van der Waals surface area contributed by atoms with Crippen molar-refractivity contribution in [3.8, 4) is 0 Å². The Morgan fingerprint density at radius 3 is 3.06 bits per heavy atom. The van der Waals surface area contributed by atoms with E-state index in [1.165, 1.54) is 0 Å². The number of amides is 1. The number of carbonyl (C=O) groups excluding carboxylic acids is 1. The molecule has 0 spiro atoms. The van der Waals surface area contributed by atoms with Crippen LogP contribution in [-0.4, -0.2) is 44.7 Å². The lowest BCUT2D eigenvalue weighted by Gasteiger charge is -2.25. The van der Waals surface area contributed by atoms with Gasteiger partial charge in [-0.1, -0.05) is 0 Å². The summed E-state index contributed by atoms with van der Waals surface area (Å²) in [7, 11) is 0. The molecule has 1 aliphatic heterocycles. The Bertz CT molecular complexity index is 414. The van der Waals surface area contributed by atoms with Crippen LogP contribution in [0.1, 0.15) is 39.1 Å². The highest BCUT2D eigenvalue weighted by Gasteiger charge is 2.25. The molecule has 0 aromatic carbocycles. The molecule has 2 rings (SSSR count). The van der Waals surface area contributed by atoms with E-state index in [9.17, 15) is 4.79 Å². The van der Waals surface area contributed by atoms with Crippen molar-refractivity contribution >= 4 is 5.91 Å². The zero-order valence-electron chi connectivity index (χ0n) is 11.3. The molecule has 0 saturated carbocycles. The van der Waals surface area contributed by atoms with Crippen LogP contribution in [0.15, 0.2) is 6.33 Å². The normalized spacial score (nSPS) is 22.0. The maximum Gasteiger partial charge on any atom is 0.237 e. The zero-order chi connectivity index (χ0) is 13.1. The largest absolute Gasteiger partial charge is 0.355 e. The van der Waals surface area contributed by atoms with Crippen LogP contribution in [0.2, 0.25) is 0 Å². The summed E-state index contributed by atoms with van der Waals surface area (Å²) >= 11 is 0. The van der Waals surface area contributed by atoms with Crippen LogP contribution >= 0.6 is 0 Å². The first-order valence-corrected chi connectivity index (χ1v) is 6.49. The summed E-state index contributed by atoms with van der Waals surface area (Å²) < 4.78 is 1.91. The van der Waals surface area contributed by atoms with E-state index >= 15 is 0 Å². The molecule has 1 unspecified atom stereocenters. The third kappa shape index (κ3) is 2.69. The highest BCUT2D eigenvalue weighted by atomic mass is 16.2. The topological polar surface area (TPSA) is 63.1 Å². The number of nitrogens with zero attached hydrogens (tertiary/aromatic N) is 4. The van der Waals surface area contributed by atoms with Crippen molar-refractivity contribution in [1.29, 1.82) is 0 Å². The van der Waals surface area contributed by atoms with Gasteiger partial charge in [-0.25, -0.2) is 9.67 Å². The van der Waals surface area contributed by atoms with E-state index in [0.29, 0.717) is 12.6 Å². The van der Waals surface area contributed by atoms with Crippen molar-refractivity contribution < 1.29 is 4.79 Å². The zero-order valence-corrected chi connectivity index (χ0v) is 11.3. The SMILES string of the molecule is CC1C(=O)NCCCN1Cc1ncnn1C(C)C. The molecule has 1 aromatic heterocycles. The van der Waals surface area contributed by atoms with Crippen molar-refractivity contribution in [3.05, 3.63) is 12.2 Å². The van der Waals surface area contributed by atoms with Crippen LogP contribution in [0.4, 0.5) is 0 Å². The molecule has 1 amide bonds. The lowest BCUT2D eigenvalue weighted by molar-refractivity contribution is -0.125. The minimum Gasteiger partial charge on any atom is -0.355 e. The van der Waals surface area contributed by atoms with Gasteiger partial charge in [0.25, 0.3) is 0 Å². The molecule has 18 heavy (non-hydrogen) atoms. The van der Waals surface area contributed by atoms with E-state index in [0.717, 1.165) is 25.3 Å². The molecule has 6 nitrogen and oxygen atoms in total. The number of hydrogen-bond donors (Lipinski definition) is 1. The lowest BCUT2D eigenvalue weighted by atomic mass is 10.2. The fourth-order valence-corrected chi connectivity index (χ4v) is 2.22. The first-order chi connectivity index (χ1) is 8.59. The Morgan fingerprint density at radius 1 is 1.56 bits per heavy atom. The quantitative estimate of drug-likeness (QED) is 0.853. The smallest absolute Gasteiger partial charge is 0.237 e. The Hall–Kier alpha value is -1.43. The molecular weight excluding hydrogens is 230 g/mol. The summed E-state index contributed by atoms with van der Waals surface area (Å²) in [5.74, 6) is 1.02. The van der Waals surface area contributed by atoms with Gasteiger partial charge in [-0.15, -0.1) is 0 Å². The van der Waals surface area contributed by atoms with Crippen molar-refractivity contribution in [2.75, 3.05) is 13.1 Å². The van der Waals surface area contributed by atoms with Crippen LogP contribution in [0.5, 0.6) is 0 Å². The van der Waals surface area contributed by atoms with Gasteiger partial charge in [-0.05, 0) is 27.2 Å². The third-order valence-electron chi connectivity index (χ3n) is 3.33. The second kappa shape index (κ2) is 5.48. The summed E-state index contributed by atoms with van der Waals surface area (Å²) in [4.78, 5) is 18.2. The second-order valence-corrected chi connectivity index (χ2v) is 5.01. The maximum atomic E-state index is 11.8. The predicted octanol–water partition coefficient (Wildman–Crippen LogP) is 0.569. The van der Waals surface area contributed by atoms with Crippen LogP contribution in [0, 0.1) is 0 Å². The molecule has 6 heteroatoms. The van der Waals surface area contributed by atoms with Gasteiger partial charge in [0, 0.05) is 19.1 Å². The first-order valence-electron chi connectivity index (χ1n) is 6.49. The fourth-order valence-electron chi connectivity index (χ4n) is 2.22. The van der Waals surface area contributed by atoms with Crippen LogP contribution in [0.3, 0.4) is 0 Å². The van der Waals surface area contributed by atoms with Gasteiger partial charge >= 0.3 is 0 Å². The maximum absolute atomic E-state index is 11.8. The molecule has 1 aromatic rings. The third-order valence-corrected chi connectivity index (χ3v) is 3.33. The minimum absolute atomic E-state index is 0.100. The predicted molar refractivity (Wildman–Crippen MR) is 67.9 cm³/mol. The van der Waals surface area contributed by atoms with Gasteiger partial charge in [0.15, 0.2) is 0 Å². The van der Waals surface area contributed by atoms with Crippen LogP contribution < -0.4 is 5.32 Å². The molecule has 1 fully saturated rings. The van der Waals surface area contributed by atoms with Crippen LogP contribution in [-0.2, 0) is 11.3 Å². The summed E-state index contributed by atoms with van der Waals surface area (Å²) in [5, 5.41) is 7.14. The number of aromatic nitrogens is 3. The average molecular weight is 251 g/mol. The minimum atomic E-state index is -0.107. The second-order valence-electron chi connectivity index (χ2n) is 5.01. The van der Waals surface area contributed by atoms with E-state index in [4.69, 9.17) is 0 Å². The standard InChI is InChI=1S/C12H21N5O/c1-9(2)17-11(14-8-15-17)7-16-6-4-5-13-12(18)10(16)3/h8-10H,4-7H2,1-3H3,(H,13,18). The van der Waals surface area contributed by atoms with Gasteiger partial charge < -0.3 is 5.32 Å². The molecule has 1 aliphatic rings. The number of hydrogen-bond acceptors (Lipinski definition) is 4. The summed E-state index contributed by atoms with van der Waals surface area (Å²) in [6.07, 6.45) is 2.56. The van der Waals surface area contributed by atoms with Gasteiger partial charge in [0.1, 0.15) is 12.2 Å². The Morgan fingerprint density at radius 2 is 2.33 bits per heavy atom. The van der Waals surface area contributed by atoms with Crippen molar-refractivity contribution in [3.63, 3.8) is 0 Å². The number of nitrogens with one attached hydrogen (secondary N) is 1. The fraction of sp³-hybridized carbons (Fsp3) is 0.750. The molecule has 0 radical (unpaired) electrons. The van der Waals surface area contributed by atoms with E-state index in [-0.39, 0.29) is 11.9 Å². The molecule has 0 aliphatic carbocycles. The Kier molecular flexibility index (Phi) is 3.96. The molecular formula is C12H21N5O. The van der Waals surface area contributed by atoms with Crippen molar-refractivity contribution in [2.45, 2.75) is 45.8 Å². The number of carbonyl (C=O) groups is 1. The van der Waals surface area contributed by atoms with Gasteiger partial charge in [-0.3, -0.25) is 9.69 Å². The van der Waals surface area contributed by atoms with Crippen molar-refractivity contribution in [2.24, 2.45) is 0 Å². The first kappa shape index (κ1) is 13.0. The number of rotatable bonds is 3. The van der Waals surface area contributed by atoms with E-state index in [1.807, 2.05) is 11.6 Å². The Labute approximate surface area is 107 Å². The van der Waals surface area contributed by atoms with Gasteiger partial charge in [-0.2, -0.15) is 5.10 Å². The summed E-state index contributed by atoms with van der Waals surface area (Å²) in [6, 6.07) is 0.184. The molecule has 0 bridgehead atoms. The molecule has 1 atom stereocenters. The van der Waals surface area contributed by atoms with Gasteiger partial charge in [0.05, 0.1) is 12.6 Å². The van der Waals surface area contributed by atoms with Gasteiger partial charge in [0.2, 0.25) is 5.91 Å². The molecule has 1 N–H and O–H groups in total. The molecule has 2 heterocycles. The highest BCUT2D eigenvalue weighted by molar-refractivity contribution is 5.81. The monoisotopic (exact) mass is 251 g/mol. The van der Waals surface area contributed by atoms with Crippen molar-refractivity contribution in [1.82, 2.24) is 25.0 Å². The lowest BCUT2D eigenvalue weighted by Crippen LogP contribution is -2.42. The highest BCUT2D eigenvalue weighted by Crippen LogP contribution is 2.12. The van der Waals surface area contributed by atoms with E-state index < -0.39 is 0 Å². The molecule has 1 saturated heterocycles. The molecule has 100 valence electrons.